The fourth-order valence-electron chi connectivity index (χ4n) is 4.10. The molecular formula is C21H26N2O2S. The molecule has 0 unspecified atom stereocenters. The van der Waals surface area contributed by atoms with Gasteiger partial charge in [-0.1, -0.05) is 32.0 Å². The van der Waals surface area contributed by atoms with Gasteiger partial charge in [0.2, 0.25) is 0 Å². The monoisotopic (exact) mass is 370 g/mol. The summed E-state index contributed by atoms with van der Waals surface area (Å²) in [6.07, 6.45) is 5.41. The molecule has 2 aliphatic rings. The Bertz CT molecular complexity index is 865. The minimum atomic E-state index is -0.812. The van der Waals surface area contributed by atoms with Crippen LogP contribution >= 0.6 is 11.3 Å². The summed E-state index contributed by atoms with van der Waals surface area (Å²) < 4.78 is 0. The van der Waals surface area contributed by atoms with E-state index in [1.807, 2.05) is 0 Å². The van der Waals surface area contributed by atoms with Gasteiger partial charge in [0.05, 0.1) is 5.56 Å². The van der Waals surface area contributed by atoms with Gasteiger partial charge in [-0.25, -0.2) is 4.79 Å². The number of thiophene rings is 1. The average Bonchev–Trinajstić information content (AvgIpc) is 3.35. The maximum absolute atomic E-state index is 12.2. The molecule has 1 aromatic heterocycles. The SMILES string of the molecule is CC1(C)CCc2sc(-c3ccc(C4CC4)cc3CNN)c(C(=O)O)c2C1. The summed E-state index contributed by atoms with van der Waals surface area (Å²) in [5.41, 5.74) is 7.93. The molecule has 0 atom stereocenters. The highest BCUT2D eigenvalue weighted by Crippen LogP contribution is 2.47. The van der Waals surface area contributed by atoms with Crippen molar-refractivity contribution in [2.24, 2.45) is 11.3 Å². The van der Waals surface area contributed by atoms with Crippen molar-refractivity contribution in [2.75, 3.05) is 0 Å². The third-order valence-corrected chi connectivity index (χ3v) is 7.03. The third kappa shape index (κ3) is 3.20. The Kier molecular flexibility index (Phi) is 4.41. The van der Waals surface area contributed by atoms with Crippen LogP contribution in [0.4, 0.5) is 0 Å². The Balaban J connectivity index is 1.85. The normalized spacial score (nSPS) is 18.6. The van der Waals surface area contributed by atoms with Crippen LogP contribution in [0.5, 0.6) is 0 Å². The summed E-state index contributed by atoms with van der Waals surface area (Å²) in [5.74, 6) is 5.47. The second kappa shape index (κ2) is 6.48. The maximum Gasteiger partial charge on any atom is 0.337 e. The molecule has 2 aromatic rings. The van der Waals surface area contributed by atoms with Gasteiger partial charge in [-0.05, 0) is 65.7 Å². The quantitative estimate of drug-likeness (QED) is 0.536. The van der Waals surface area contributed by atoms with Gasteiger partial charge in [-0.2, -0.15) is 0 Å². The van der Waals surface area contributed by atoms with Gasteiger partial charge in [0.1, 0.15) is 0 Å². The number of carboxylic acid groups (broad SMARTS) is 1. The van der Waals surface area contributed by atoms with Crippen LogP contribution in [0.15, 0.2) is 18.2 Å². The zero-order valence-electron chi connectivity index (χ0n) is 15.4. The van der Waals surface area contributed by atoms with Crippen molar-refractivity contribution in [1.82, 2.24) is 5.43 Å². The van der Waals surface area contributed by atoms with Gasteiger partial charge in [0, 0.05) is 16.3 Å². The number of hydrogen-bond acceptors (Lipinski definition) is 4. The van der Waals surface area contributed by atoms with Crippen LogP contribution in [0.3, 0.4) is 0 Å². The summed E-state index contributed by atoms with van der Waals surface area (Å²) in [7, 11) is 0. The Morgan fingerprint density at radius 1 is 1.38 bits per heavy atom. The molecule has 5 heteroatoms. The molecule has 0 amide bonds. The number of carboxylic acids is 1. The highest BCUT2D eigenvalue weighted by atomic mass is 32.1. The number of hydrogen-bond donors (Lipinski definition) is 3. The van der Waals surface area contributed by atoms with E-state index in [1.54, 1.807) is 11.3 Å². The van der Waals surface area contributed by atoms with Crippen molar-refractivity contribution in [3.63, 3.8) is 0 Å². The second-order valence-electron chi connectivity index (χ2n) is 8.43. The topological polar surface area (TPSA) is 75.3 Å². The average molecular weight is 371 g/mol. The van der Waals surface area contributed by atoms with Crippen molar-refractivity contribution < 1.29 is 9.90 Å². The maximum atomic E-state index is 12.2. The van der Waals surface area contributed by atoms with Gasteiger partial charge in [0.25, 0.3) is 0 Å². The highest BCUT2D eigenvalue weighted by Gasteiger charge is 2.33. The zero-order valence-corrected chi connectivity index (χ0v) is 16.2. The number of rotatable bonds is 5. The number of carbonyl (C=O) groups is 1. The minimum absolute atomic E-state index is 0.160. The summed E-state index contributed by atoms with van der Waals surface area (Å²) in [5, 5.41) is 9.98. The van der Waals surface area contributed by atoms with Crippen molar-refractivity contribution >= 4 is 17.3 Å². The predicted molar refractivity (Wildman–Crippen MR) is 106 cm³/mol. The summed E-state index contributed by atoms with van der Waals surface area (Å²) >= 11 is 1.66. The molecule has 0 spiro atoms. The van der Waals surface area contributed by atoms with E-state index in [-0.39, 0.29) is 5.41 Å². The van der Waals surface area contributed by atoms with Crippen LogP contribution in [-0.4, -0.2) is 11.1 Å². The lowest BCUT2D eigenvalue weighted by atomic mass is 9.76. The number of nitrogens with two attached hydrogens (primary N) is 1. The fraction of sp³-hybridized carbons (Fsp3) is 0.476. The Morgan fingerprint density at radius 2 is 2.15 bits per heavy atom. The third-order valence-electron chi connectivity index (χ3n) is 5.70. The predicted octanol–water partition coefficient (Wildman–Crippen LogP) is 4.47. The molecule has 4 nitrogen and oxygen atoms in total. The minimum Gasteiger partial charge on any atom is -0.478 e. The summed E-state index contributed by atoms with van der Waals surface area (Å²) in [4.78, 5) is 14.3. The molecular weight excluding hydrogens is 344 g/mol. The van der Waals surface area contributed by atoms with E-state index in [0.717, 1.165) is 40.8 Å². The first kappa shape index (κ1) is 17.7. The van der Waals surface area contributed by atoms with Crippen molar-refractivity contribution in [1.29, 1.82) is 0 Å². The van der Waals surface area contributed by atoms with E-state index in [1.165, 1.54) is 23.3 Å². The number of benzene rings is 1. The molecule has 0 aliphatic heterocycles. The standard InChI is InChI=1S/C21H26N2O2S/c1-21(2)8-7-17-16(10-21)18(20(24)25)19(26-17)15-6-5-13(12-3-4-12)9-14(15)11-23-22/h5-6,9,12,23H,3-4,7-8,10-11,22H2,1-2H3,(H,24,25). The molecule has 2 aliphatic carbocycles. The Morgan fingerprint density at radius 3 is 2.81 bits per heavy atom. The smallest absolute Gasteiger partial charge is 0.337 e. The molecule has 138 valence electrons. The van der Waals surface area contributed by atoms with Crippen LogP contribution < -0.4 is 11.3 Å². The molecule has 4 N–H and O–H groups in total. The Hall–Kier alpha value is -1.69. The number of aryl methyl sites for hydroxylation is 1. The Labute approximate surface area is 158 Å². The molecule has 0 saturated heterocycles. The van der Waals surface area contributed by atoms with E-state index in [0.29, 0.717) is 18.0 Å². The van der Waals surface area contributed by atoms with E-state index in [9.17, 15) is 9.90 Å². The first-order valence-electron chi connectivity index (χ1n) is 9.34. The largest absolute Gasteiger partial charge is 0.478 e. The lowest BCUT2D eigenvalue weighted by Crippen LogP contribution is -2.22. The summed E-state index contributed by atoms with van der Waals surface area (Å²) in [6, 6.07) is 6.48. The van der Waals surface area contributed by atoms with Gasteiger partial charge < -0.3 is 5.11 Å². The first-order valence-corrected chi connectivity index (χ1v) is 10.2. The first-order chi connectivity index (χ1) is 12.4. The molecule has 1 saturated carbocycles. The lowest BCUT2D eigenvalue weighted by Gasteiger charge is -2.29. The van der Waals surface area contributed by atoms with Crippen LogP contribution in [0.1, 0.15) is 71.0 Å². The van der Waals surface area contributed by atoms with Crippen molar-refractivity contribution in [2.45, 2.75) is 58.4 Å². The molecule has 1 fully saturated rings. The molecule has 26 heavy (non-hydrogen) atoms. The van der Waals surface area contributed by atoms with Crippen LogP contribution in [0.25, 0.3) is 10.4 Å². The number of hydrazine groups is 1. The summed E-state index contributed by atoms with van der Waals surface area (Å²) in [6.45, 7) is 5.00. The molecule has 1 aromatic carbocycles. The van der Waals surface area contributed by atoms with Crippen LogP contribution in [0, 0.1) is 5.41 Å². The number of nitrogens with one attached hydrogen (secondary N) is 1. The molecule has 1 heterocycles. The van der Waals surface area contributed by atoms with Crippen molar-refractivity contribution in [3.8, 4) is 10.4 Å². The van der Waals surface area contributed by atoms with Crippen LogP contribution in [0.2, 0.25) is 0 Å². The van der Waals surface area contributed by atoms with Gasteiger partial charge in [-0.15, -0.1) is 11.3 Å². The van der Waals surface area contributed by atoms with Gasteiger partial charge in [-0.3, -0.25) is 11.3 Å². The highest BCUT2D eigenvalue weighted by molar-refractivity contribution is 7.16. The van der Waals surface area contributed by atoms with Crippen LogP contribution in [-0.2, 0) is 19.4 Å². The van der Waals surface area contributed by atoms with E-state index in [2.05, 4.69) is 37.5 Å². The zero-order chi connectivity index (χ0) is 18.5. The van der Waals surface area contributed by atoms with E-state index >= 15 is 0 Å². The number of fused-ring (bicyclic) bond motifs is 1. The van der Waals surface area contributed by atoms with E-state index in [4.69, 9.17) is 5.84 Å². The van der Waals surface area contributed by atoms with Gasteiger partial charge in [0.15, 0.2) is 0 Å². The molecule has 0 radical (unpaired) electrons. The molecule has 4 rings (SSSR count). The van der Waals surface area contributed by atoms with Crippen molar-refractivity contribution in [3.05, 3.63) is 45.3 Å². The second-order valence-corrected chi connectivity index (χ2v) is 9.53. The fourth-order valence-corrected chi connectivity index (χ4v) is 5.47. The van der Waals surface area contributed by atoms with E-state index < -0.39 is 5.97 Å². The number of aromatic carboxylic acids is 1. The molecule has 0 bridgehead atoms. The van der Waals surface area contributed by atoms with Gasteiger partial charge >= 0.3 is 5.97 Å². The lowest BCUT2D eigenvalue weighted by molar-refractivity contribution is 0.0696.